The van der Waals surface area contributed by atoms with E-state index in [0.29, 0.717) is 41.2 Å². The van der Waals surface area contributed by atoms with Crippen molar-refractivity contribution in [3.05, 3.63) is 70.1 Å². The Morgan fingerprint density at radius 3 is 2.52 bits per heavy atom. The molecular weight excluding hydrogens is 524 g/mol. The van der Waals surface area contributed by atoms with Crippen LogP contribution in [0.4, 0.5) is 10.7 Å². The maximum absolute atomic E-state index is 13.6. The lowest BCUT2D eigenvalue weighted by Crippen LogP contribution is -2.27. The van der Waals surface area contributed by atoms with Crippen LogP contribution < -0.4 is 14.8 Å². The first-order valence-electron chi connectivity index (χ1n) is 13.8. The van der Waals surface area contributed by atoms with Crippen molar-refractivity contribution in [1.29, 1.82) is 0 Å². The van der Waals surface area contributed by atoms with Crippen LogP contribution in [0.5, 0.6) is 11.5 Å². The molecule has 4 rings (SSSR count). The minimum atomic E-state index is -0.438. The van der Waals surface area contributed by atoms with Crippen molar-refractivity contribution in [2.24, 2.45) is 16.3 Å². The zero-order chi connectivity index (χ0) is 28.7. The monoisotopic (exact) mass is 562 g/mol. The maximum Gasteiger partial charge on any atom is 0.344 e. The van der Waals surface area contributed by atoms with Crippen LogP contribution in [-0.4, -0.2) is 37.9 Å². The van der Waals surface area contributed by atoms with E-state index in [-0.39, 0.29) is 17.9 Å². The topological polar surface area (TPSA) is 86.2 Å². The Bertz CT molecular complexity index is 1360. The number of hydrogen-bond donors (Lipinski definition) is 1. The van der Waals surface area contributed by atoms with Crippen LogP contribution in [0.3, 0.4) is 0 Å². The molecule has 0 bridgehead atoms. The minimum absolute atomic E-state index is 0.136. The van der Waals surface area contributed by atoms with Crippen molar-refractivity contribution in [3.63, 3.8) is 0 Å². The molecule has 3 aromatic rings. The molecule has 0 saturated carbocycles. The molecule has 7 nitrogen and oxygen atoms in total. The molecule has 1 heterocycles. The summed E-state index contributed by atoms with van der Waals surface area (Å²) in [5, 5.41) is 3.76. The molecule has 0 unspecified atom stereocenters. The Morgan fingerprint density at radius 1 is 1.05 bits per heavy atom. The number of carbonyl (C=O) groups is 2. The third kappa shape index (κ3) is 7.30. The number of thiophene rings is 1. The van der Waals surface area contributed by atoms with Gasteiger partial charge in [-0.15, -0.1) is 11.3 Å². The second kappa shape index (κ2) is 13.1. The molecule has 1 atom stereocenters. The number of anilines is 1. The van der Waals surface area contributed by atoms with Gasteiger partial charge in [-0.3, -0.25) is 4.79 Å². The fourth-order valence-electron chi connectivity index (χ4n) is 4.82. The number of aliphatic imine (C=N–C) groups is 1. The van der Waals surface area contributed by atoms with Gasteiger partial charge in [0.05, 0.1) is 18.8 Å². The lowest BCUT2D eigenvalue weighted by atomic mass is 9.72. The Morgan fingerprint density at radius 2 is 1.82 bits per heavy atom. The van der Waals surface area contributed by atoms with E-state index in [9.17, 15) is 9.59 Å². The molecule has 40 heavy (non-hydrogen) atoms. The van der Waals surface area contributed by atoms with Crippen molar-refractivity contribution >= 4 is 40.1 Å². The highest BCUT2D eigenvalue weighted by molar-refractivity contribution is 7.16. The highest BCUT2D eigenvalue weighted by atomic mass is 32.1. The van der Waals surface area contributed by atoms with E-state index < -0.39 is 5.97 Å². The summed E-state index contributed by atoms with van der Waals surface area (Å²) in [4.78, 5) is 31.4. The maximum atomic E-state index is 13.6. The fourth-order valence-corrected chi connectivity index (χ4v) is 6.08. The summed E-state index contributed by atoms with van der Waals surface area (Å²) in [6.45, 7) is 11.0. The van der Waals surface area contributed by atoms with Crippen LogP contribution in [0, 0.1) is 11.3 Å². The Kier molecular flexibility index (Phi) is 9.63. The smallest absolute Gasteiger partial charge is 0.344 e. The van der Waals surface area contributed by atoms with Crippen molar-refractivity contribution in [2.45, 2.75) is 53.9 Å². The van der Waals surface area contributed by atoms with E-state index >= 15 is 0 Å². The molecule has 1 aliphatic carbocycles. The number of ether oxygens (including phenoxy) is 3. The first kappa shape index (κ1) is 29.3. The quantitative estimate of drug-likeness (QED) is 0.208. The number of amides is 1. The van der Waals surface area contributed by atoms with E-state index in [0.717, 1.165) is 36.1 Å². The van der Waals surface area contributed by atoms with Crippen LogP contribution in [0.2, 0.25) is 0 Å². The molecule has 0 fully saturated rings. The number of nitrogens with zero attached hydrogens (tertiary/aromatic N) is 1. The average molecular weight is 563 g/mol. The van der Waals surface area contributed by atoms with Gasteiger partial charge in [0.15, 0.2) is 18.1 Å². The van der Waals surface area contributed by atoms with Crippen LogP contribution in [0.15, 0.2) is 53.5 Å². The first-order valence-corrected chi connectivity index (χ1v) is 14.6. The van der Waals surface area contributed by atoms with Gasteiger partial charge in [-0.2, -0.15) is 0 Å². The summed E-state index contributed by atoms with van der Waals surface area (Å²) < 4.78 is 16.3. The number of nitrogens with one attached hydrogen (secondary N) is 1. The Balaban J connectivity index is 1.63. The fraction of sp³-hybridized carbons (Fsp3) is 0.406. The predicted molar refractivity (Wildman–Crippen MR) is 161 cm³/mol. The summed E-state index contributed by atoms with van der Waals surface area (Å²) in [5.74, 6) is 0.942. The number of para-hydroxylation sites is 1. The van der Waals surface area contributed by atoms with E-state index in [2.05, 4.69) is 26.1 Å². The van der Waals surface area contributed by atoms with Crippen LogP contribution in [0.1, 0.15) is 67.4 Å². The molecule has 0 saturated heterocycles. The summed E-state index contributed by atoms with van der Waals surface area (Å²) >= 11 is 1.61. The molecule has 0 aliphatic heterocycles. The number of benzene rings is 2. The molecule has 1 aliphatic rings. The summed E-state index contributed by atoms with van der Waals surface area (Å²) in [6.07, 6.45) is 4.61. The first-order chi connectivity index (χ1) is 19.2. The van der Waals surface area contributed by atoms with Crippen molar-refractivity contribution in [1.82, 2.24) is 0 Å². The second-order valence-corrected chi connectivity index (χ2v) is 11.9. The summed E-state index contributed by atoms with van der Waals surface area (Å²) in [7, 11) is 0. The van der Waals surface area contributed by atoms with Crippen LogP contribution in [0.25, 0.3) is 0 Å². The second-order valence-electron chi connectivity index (χ2n) is 10.8. The van der Waals surface area contributed by atoms with E-state index in [4.69, 9.17) is 19.2 Å². The minimum Gasteiger partial charge on any atom is -0.490 e. The number of carbonyl (C=O) groups excluding carboxylic acids is 2. The van der Waals surface area contributed by atoms with Crippen LogP contribution >= 0.6 is 11.3 Å². The summed E-state index contributed by atoms with van der Waals surface area (Å²) in [6, 6.07) is 14.9. The molecule has 0 radical (unpaired) electrons. The molecule has 0 spiro atoms. The van der Waals surface area contributed by atoms with Gasteiger partial charge in [-0.25, -0.2) is 9.79 Å². The molecule has 1 N–H and O–H groups in total. The normalized spacial score (nSPS) is 15.0. The summed E-state index contributed by atoms with van der Waals surface area (Å²) in [5.41, 5.74) is 3.52. The number of rotatable bonds is 10. The van der Waals surface area contributed by atoms with Gasteiger partial charge in [0.2, 0.25) is 0 Å². The Labute approximate surface area is 240 Å². The SMILES string of the molecule is CCOC(=O)COc1ccc(C=Nc2sc3c(c2C(=O)Nc2ccccc2)CC[C@@H](C(C)(C)C)C3)cc1OCC. The standard InChI is InChI=1S/C32H38N2O5S/c1-6-37-26-17-21(13-16-25(26)39-20-28(35)38-7-2)19-33-31-29(30(36)34-23-11-9-8-10-12-23)24-15-14-22(32(3,4)5)18-27(24)40-31/h8-13,16-17,19,22H,6-7,14-15,18,20H2,1-5H3,(H,34,36)/t22-/m1/s1. The number of hydrogen-bond acceptors (Lipinski definition) is 7. The highest BCUT2D eigenvalue weighted by Gasteiger charge is 2.33. The molecule has 212 valence electrons. The van der Waals surface area contributed by atoms with Gasteiger partial charge in [0, 0.05) is 16.8 Å². The zero-order valence-corrected chi connectivity index (χ0v) is 24.7. The van der Waals surface area contributed by atoms with E-state index in [1.54, 1.807) is 30.5 Å². The third-order valence-corrected chi connectivity index (χ3v) is 8.14. The lowest BCUT2D eigenvalue weighted by Gasteiger charge is -2.33. The number of esters is 1. The Hall–Kier alpha value is -3.65. The number of fused-ring (bicyclic) bond motifs is 1. The van der Waals surface area contributed by atoms with Gasteiger partial charge in [0.1, 0.15) is 5.00 Å². The molecule has 1 amide bonds. The predicted octanol–water partition coefficient (Wildman–Crippen LogP) is 7.24. The van der Waals surface area contributed by atoms with Gasteiger partial charge in [0.25, 0.3) is 5.91 Å². The highest BCUT2D eigenvalue weighted by Crippen LogP contribution is 2.45. The van der Waals surface area contributed by atoms with Gasteiger partial charge in [-0.1, -0.05) is 39.0 Å². The lowest BCUT2D eigenvalue weighted by molar-refractivity contribution is -0.145. The third-order valence-electron chi connectivity index (χ3n) is 6.98. The molecular formula is C32H38N2O5S. The van der Waals surface area contributed by atoms with Crippen molar-refractivity contribution in [3.8, 4) is 11.5 Å². The van der Waals surface area contributed by atoms with Crippen molar-refractivity contribution in [2.75, 3.05) is 25.1 Å². The van der Waals surface area contributed by atoms with E-state index in [1.807, 2.05) is 49.4 Å². The molecule has 2 aromatic carbocycles. The van der Waals surface area contributed by atoms with Gasteiger partial charge in [-0.05, 0) is 85.9 Å². The van der Waals surface area contributed by atoms with Gasteiger partial charge >= 0.3 is 5.97 Å². The van der Waals surface area contributed by atoms with Gasteiger partial charge < -0.3 is 19.5 Å². The zero-order valence-electron chi connectivity index (χ0n) is 23.9. The average Bonchev–Trinajstić information content (AvgIpc) is 3.29. The molecule has 1 aromatic heterocycles. The molecule has 8 heteroatoms. The van der Waals surface area contributed by atoms with Crippen molar-refractivity contribution < 1.29 is 23.8 Å². The largest absolute Gasteiger partial charge is 0.490 e. The van der Waals surface area contributed by atoms with Crippen LogP contribution in [-0.2, 0) is 22.4 Å². The van der Waals surface area contributed by atoms with E-state index in [1.165, 1.54) is 4.88 Å².